The van der Waals surface area contributed by atoms with E-state index in [0.29, 0.717) is 11.2 Å². The molecule has 3 rings (SSSR count). The van der Waals surface area contributed by atoms with E-state index in [4.69, 9.17) is 11.6 Å². The maximum absolute atomic E-state index is 5.97. The number of nitrogens with zero attached hydrogens (tertiary/aromatic N) is 2. The molecule has 0 spiro atoms. The van der Waals surface area contributed by atoms with Crippen molar-refractivity contribution in [2.75, 3.05) is 5.32 Å². The molecular formula is C15H16ClN3. The van der Waals surface area contributed by atoms with Gasteiger partial charge in [0, 0.05) is 6.04 Å². The van der Waals surface area contributed by atoms with Gasteiger partial charge in [0.2, 0.25) is 0 Å². The van der Waals surface area contributed by atoms with Gasteiger partial charge in [0.25, 0.3) is 0 Å². The molecule has 1 aliphatic rings. The Bertz CT molecular complexity index is 600. The van der Waals surface area contributed by atoms with Crippen molar-refractivity contribution in [3.8, 4) is 0 Å². The second-order valence-electron chi connectivity index (χ2n) is 5.11. The Morgan fingerprint density at radius 2 is 1.68 bits per heavy atom. The molecule has 0 fully saturated rings. The first kappa shape index (κ1) is 12.4. The lowest BCUT2D eigenvalue weighted by molar-refractivity contribution is 0.761. The fraction of sp³-hybridized carbons (Fsp3) is 0.333. The molecule has 2 aromatic rings. The zero-order chi connectivity index (χ0) is 13.4. The van der Waals surface area contributed by atoms with Crippen molar-refractivity contribution in [3.63, 3.8) is 0 Å². The van der Waals surface area contributed by atoms with Gasteiger partial charge in [-0.2, -0.15) is 0 Å². The van der Waals surface area contributed by atoms with Crippen molar-refractivity contribution in [3.05, 3.63) is 51.7 Å². The lowest BCUT2D eigenvalue weighted by atomic mass is 10.1. The summed E-state index contributed by atoms with van der Waals surface area (Å²) < 4.78 is 0. The van der Waals surface area contributed by atoms with Gasteiger partial charge in [-0.25, -0.2) is 0 Å². The van der Waals surface area contributed by atoms with Crippen molar-refractivity contribution < 1.29 is 0 Å². The zero-order valence-corrected chi connectivity index (χ0v) is 11.8. The first-order valence-electron chi connectivity index (χ1n) is 6.48. The fourth-order valence-corrected chi connectivity index (χ4v) is 2.75. The largest absolute Gasteiger partial charge is 0.365 e. The van der Waals surface area contributed by atoms with Crippen molar-refractivity contribution in [1.29, 1.82) is 0 Å². The number of aromatic nitrogens is 2. The van der Waals surface area contributed by atoms with E-state index >= 15 is 0 Å². The summed E-state index contributed by atoms with van der Waals surface area (Å²) in [6, 6.07) is 8.98. The minimum absolute atomic E-state index is 0.394. The van der Waals surface area contributed by atoms with Gasteiger partial charge in [0.05, 0.1) is 0 Å². The molecule has 4 heteroatoms. The summed E-state index contributed by atoms with van der Waals surface area (Å²) >= 11 is 5.97. The Morgan fingerprint density at radius 1 is 1.05 bits per heavy atom. The number of benzene rings is 1. The second-order valence-corrected chi connectivity index (χ2v) is 5.47. The Balaban J connectivity index is 1.80. The summed E-state index contributed by atoms with van der Waals surface area (Å²) in [5.74, 6) is 0.847. The van der Waals surface area contributed by atoms with E-state index < -0.39 is 0 Å². The summed E-state index contributed by atoms with van der Waals surface area (Å²) in [7, 11) is 0. The molecule has 0 saturated carbocycles. The lowest BCUT2D eigenvalue weighted by Gasteiger charge is -2.15. The van der Waals surface area contributed by atoms with E-state index in [1.54, 1.807) is 0 Å². The average Bonchev–Trinajstić information content (AvgIpc) is 2.82. The van der Waals surface area contributed by atoms with Crippen molar-refractivity contribution in [2.24, 2.45) is 0 Å². The van der Waals surface area contributed by atoms with Gasteiger partial charge in [-0.1, -0.05) is 35.9 Å². The first-order chi connectivity index (χ1) is 9.15. The highest BCUT2D eigenvalue weighted by molar-refractivity contribution is 6.30. The third-order valence-corrected chi connectivity index (χ3v) is 4.22. The second kappa shape index (κ2) is 4.82. The molecule has 1 aromatic carbocycles. The van der Waals surface area contributed by atoms with Crippen LogP contribution in [0.15, 0.2) is 24.3 Å². The molecule has 3 nitrogen and oxygen atoms in total. The van der Waals surface area contributed by atoms with Gasteiger partial charge < -0.3 is 5.32 Å². The third-order valence-electron chi connectivity index (χ3n) is 3.86. The van der Waals surface area contributed by atoms with Crippen LogP contribution in [0.5, 0.6) is 0 Å². The molecule has 19 heavy (non-hydrogen) atoms. The van der Waals surface area contributed by atoms with Crippen molar-refractivity contribution >= 4 is 17.4 Å². The summed E-state index contributed by atoms with van der Waals surface area (Å²) in [4.78, 5) is 0. The molecule has 0 atom stereocenters. The van der Waals surface area contributed by atoms with Crippen LogP contribution in [0.4, 0.5) is 5.82 Å². The van der Waals surface area contributed by atoms with Crippen LogP contribution in [0.2, 0.25) is 5.15 Å². The van der Waals surface area contributed by atoms with Crippen LogP contribution in [-0.4, -0.2) is 16.2 Å². The van der Waals surface area contributed by atoms with Crippen molar-refractivity contribution in [1.82, 2.24) is 10.2 Å². The molecule has 1 aliphatic carbocycles. The summed E-state index contributed by atoms with van der Waals surface area (Å²) in [5, 5.41) is 12.1. The van der Waals surface area contributed by atoms with Crippen LogP contribution in [0.25, 0.3) is 0 Å². The molecule has 98 valence electrons. The van der Waals surface area contributed by atoms with Gasteiger partial charge >= 0.3 is 0 Å². The highest BCUT2D eigenvalue weighted by atomic mass is 35.5. The van der Waals surface area contributed by atoms with E-state index in [2.05, 4.69) is 39.8 Å². The van der Waals surface area contributed by atoms with E-state index in [-0.39, 0.29) is 0 Å². The first-order valence-corrected chi connectivity index (χ1v) is 6.85. The van der Waals surface area contributed by atoms with Crippen LogP contribution in [-0.2, 0) is 12.8 Å². The Hall–Kier alpha value is -1.61. The number of nitrogens with one attached hydrogen (secondary N) is 1. The van der Waals surface area contributed by atoms with E-state index in [1.807, 2.05) is 13.8 Å². The number of hydrogen-bond acceptors (Lipinski definition) is 3. The topological polar surface area (TPSA) is 37.8 Å². The summed E-state index contributed by atoms with van der Waals surface area (Å²) in [5.41, 5.74) is 4.93. The molecule has 0 amide bonds. The number of rotatable bonds is 2. The van der Waals surface area contributed by atoms with E-state index in [0.717, 1.165) is 29.8 Å². The van der Waals surface area contributed by atoms with Crippen LogP contribution >= 0.6 is 11.6 Å². The highest BCUT2D eigenvalue weighted by Gasteiger charge is 2.22. The average molecular weight is 274 g/mol. The van der Waals surface area contributed by atoms with Gasteiger partial charge in [-0.15, -0.1) is 10.2 Å². The Labute approximate surface area is 118 Å². The SMILES string of the molecule is Cc1c(Cl)nnc(NC2Cc3ccccc3C2)c1C. The van der Waals surface area contributed by atoms with E-state index in [1.165, 1.54) is 11.1 Å². The predicted octanol–water partition coefficient (Wildman–Crippen LogP) is 3.33. The molecule has 0 bridgehead atoms. The van der Waals surface area contributed by atoms with Crippen molar-refractivity contribution in [2.45, 2.75) is 32.7 Å². The van der Waals surface area contributed by atoms with Crippen LogP contribution in [0, 0.1) is 13.8 Å². The maximum Gasteiger partial charge on any atom is 0.155 e. The van der Waals surface area contributed by atoms with Crippen LogP contribution < -0.4 is 5.32 Å². The Kier molecular flexibility index (Phi) is 3.15. The molecule has 0 saturated heterocycles. The summed E-state index contributed by atoms with van der Waals surface area (Å²) in [6.07, 6.45) is 2.08. The normalized spacial score (nSPS) is 14.5. The molecule has 0 unspecified atom stereocenters. The molecule has 0 aliphatic heterocycles. The summed E-state index contributed by atoms with van der Waals surface area (Å²) in [6.45, 7) is 4.00. The lowest BCUT2D eigenvalue weighted by Crippen LogP contribution is -2.21. The van der Waals surface area contributed by atoms with Gasteiger partial charge in [-0.05, 0) is 48.9 Å². The molecular weight excluding hydrogens is 258 g/mol. The third kappa shape index (κ3) is 2.30. The number of fused-ring (bicyclic) bond motifs is 1. The molecule has 1 heterocycles. The number of hydrogen-bond donors (Lipinski definition) is 1. The molecule has 1 N–H and O–H groups in total. The maximum atomic E-state index is 5.97. The van der Waals surface area contributed by atoms with Gasteiger partial charge in [0.1, 0.15) is 0 Å². The fourth-order valence-electron chi connectivity index (χ4n) is 2.57. The smallest absolute Gasteiger partial charge is 0.155 e. The van der Waals surface area contributed by atoms with Crippen LogP contribution in [0.3, 0.4) is 0 Å². The standard InChI is InChI=1S/C15H16ClN3/c1-9-10(2)15(19-18-14(9)16)17-13-7-11-5-3-4-6-12(11)8-13/h3-6,13H,7-8H2,1-2H3,(H,17,19). The zero-order valence-electron chi connectivity index (χ0n) is 11.1. The molecule has 1 aromatic heterocycles. The van der Waals surface area contributed by atoms with Gasteiger partial charge in [-0.3, -0.25) is 0 Å². The van der Waals surface area contributed by atoms with Crippen LogP contribution in [0.1, 0.15) is 22.3 Å². The Morgan fingerprint density at radius 3 is 2.32 bits per heavy atom. The number of halogens is 1. The molecule has 0 radical (unpaired) electrons. The minimum atomic E-state index is 0.394. The quantitative estimate of drug-likeness (QED) is 0.912. The van der Waals surface area contributed by atoms with E-state index in [9.17, 15) is 0 Å². The number of anilines is 1. The highest BCUT2D eigenvalue weighted by Crippen LogP contribution is 2.26. The monoisotopic (exact) mass is 273 g/mol. The minimum Gasteiger partial charge on any atom is -0.365 e. The predicted molar refractivity (Wildman–Crippen MR) is 77.8 cm³/mol. The van der Waals surface area contributed by atoms with Gasteiger partial charge in [0.15, 0.2) is 11.0 Å².